The van der Waals surface area contributed by atoms with Gasteiger partial charge in [-0.3, -0.25) is 0 Å². The Hall–Kier alpha value is -1.59. The minimum atomic E-state index is -0.251. The number of hydrogen-bond acceptors (Lipinski definition) is 4. The molecule has 5 nitrogen and oxygen atoms in total. The average molecular weight is 320 g/mol. The zero-order valence-electron chi connectivity index (χ0n) is 13.9. The number of hydrogen-bond donors (Lipinski definition) is 2. The first-order chi connectivity index (χ1) is 11.3. The quantitative estimate of drug-likeness (QED) is 0.810. The number of likely N-dealkylation sites (N-methyl/N-ethyl adjacent to an activating group) is 1. The van der Waals surface area contributed by atoms with E-state index in [9.17, 15) is 9.90 Å². The molecule has 2 N–H and O–H groups in total. The highest BCUT2D eigenvalue weighted by atomic mass is 16.6. The average Bonchev–Trinajstić information content (AvgIpc) is 2.60. The van der Waals surface area contributed by atoms with E-state index in [1.54, 1.807) is 0 Å². The number of benzene rings is 1. The molecule has 0 unspecified atom stereocenters. The predicted octanol–water partition coefficient (Wildman–Crippen LogP) is 2.54. The minimum absolute atomic E-state index is 0.0964. The number of carbonyl (C=O) groups excluding carboxylic acids is 1. The lowest BCUT2D eigenvalue weighted by Gasteiger charge is -2.39. The third kappa shape index (κ3) is 5.22. The monoisotopic (exact) mass is 320 g/mol. The standard InChI is InChI=1S/C18H28N2O3/c1-2-19-16(11-13-21)17-10-6-7-12-20(17)18(22)23-14-15-8-4-3-5-9-15/h3-5,8-9,16-17,19,21H,2,6-7,10-14H2,1H3/t16-,17+/m0/s1. The summed E-state index contributed by atoms with van der Waals surface area (Å²) in [6, 6.07) is 9.95. The molecule has 1 heterocycles. The maximum absolute atomic E-state index is 12.5. The molecule has 128 valence electrons. The highest BCUT2D eigenvalue weighted by Gasteiger charge is 2.33. The normalized spacial score (nSPS) is 19.4. The lowest BCUT2D eigenvalue weighted by atomic mass is 9.94. The van der Waals surface area contributed by atoms with E-state index in [4.69, 9.17) is 4.74 Å². The minimum Gasteiger partial charge on any atom is -0.445 e. The van der Waals surface area contributed by atoms with Gasteiger partial charge < -0.3 is 20.1 Å². The number of carbonyl (C=O) groups is 1. The number of likely N-dealkylation sites (tertiary alicyclic amines) is 1. The van der Waals surface area contributed by atoms with E-state index < -0.39 is 0 Å². The van der Waals surface area contributed by atoms with Crippen molar-refractivity contribution in [3.8, 4) is 0 Å². The van der Waals surface area contributed by atoms with Gasteiger partial charge in [0.1, 0.15) is 6.61 Å². The molecule has 23 heavy (non-hydrogen) atoms. The van der Waals surface area contributed by atoms with E-state index in [1.165, 1.54) is 0 Å². The Labute approximate surface area is 138 Å². The van der Waals surface area contributed by atoms with Crippen molar-refractivity contribution >= 4 is 6.09 Å². The summed E-state index contributed by atoms with van der Waals surface area (Å²) in [6.45, 7) is 4.03. The summed E-state index contributed by atoms with van der Waals surface area (Å²) >= 11 is 0. The Morgan fingerprint density at radius 3 is 2.87 bits per heavy atom. The van der Waals surface area contributed by atoms with Gasteiger partial charge in [-0.15, -0.1) is 0 Å². The molecule has 5 heteroatoms. The lowest BCUT2D eigenvalue weighted by molar-refractivity contribution is 0.0542. The van der Waals surface area contributed by atoms with Crippen molar-refractivity contribution in [2.75, 3.05) is 19.7 Å². The van der Waals surface area contributed by atoms with E-state index >= 15 is 0 Å². The molecule has 0 spiro atoms. The highest BCUT2D eigenvalue weighted by molar-refractivity contribution is 5.68. The molecular formula is C18H28N2O3. The van der Waals surface area contributed by atoms with Crippen LogP contribution in [0.4, 0.5) is 4.79 Å². The van der Waals surface area contributed by atoms with Crippen LogP contribution < -0.4 is 5.32 Å². The molecule has 1 fully saturated rings. The number of amides is 1. The summed E-state index contributed by atoms with van der Waals surface area (Å²) in [5.41, 5.74) is 0.994. The van der Waals surface area contributed by atoms with Crippen LogP contribution in [0.15, 0.2) is 30.3 Å². The highest BCUT2D eigenvalue weighted by Crippen LogP contribution is 2.22. The van der Waals surface area contributed by atoms with Gasteiger partial charge in [0.15, 0.2) is 0 Å². The van der Waals surface area contributed by atoms with E-state index in [-0.39, 0.29) is 24.8 Å². The molecular weight excluding hydrogens is 292 g/mol. The Morgan fingerprint density at radius 1 is 1.39 bits per heavy atom. The van der Waals surface area contributed by atoms with Crippen LogP contribution in [0.5, 0.6) is 0 Å². The fourth-order valence-corrected chi connectivity index (χ4v) is 3.24. The van der Waals surface area contributed by atoms with Crippen LogP contribution in [0.3, 0.4) is 0 Å². The molecule has 0 saturated carbocycles. The van der Waals surface area contributed by atoms with Crippen molar-refractivity contribution in [3.05, 3.63) is 35.9 Å². The summed E-state index contributed by atoms with van der Waals surface area (Å²) in [4.78, 5) is 14.4. The fraction of sp³-hybridized carbons (Fsp3) is 0.611. The van der Waals surface area contributed by atoms with Crippen LogP contribution in [-0.2, 0) is 11.3 Å². The molecule has 2 atom stereocenters. The van der Waals surface area contributed by atoms with Crippen molar-refractivity contribution in [1.82, 2.24) is 10.2 Å². The molecule has 1 aliphatic rings. The Morgan fingerprint density at radius 2 is 2.17 bits per heavy atom. The molecule has 0 radical (unpaired) electrons. The topological polar surface area (TPSA) is 61.8 Å². The first kappa shape index (κ1) is 17.8. The van der Waals surface area contributed by atoms with Crippen LogP contribution in [0.1, 0.15) is 38.2 Å². The van der Waals surface area contributed by atoms with E-state index in [0.717, 1.165) is 37.9 Å². The molecule has 1 saturated heterocycles. The van der Waals surface area contributed by atoms with Gasteiger partial charge in [0.05, 0.1) is 6.04 Å². The Bertz CT molecular complexity index is 461. The van der Waals surface area contributed by atoms with Crippen molar-refractivity contribution in [2.24, 2.45) is 0 Å². The number of nitrogens with zero attached hydrogens (tertiary/aromatic N) is 1. The van der Waals surface area contributed by atoms with Crippen molar-refractivity contribution < 1.29 is 14.6 Å². The van der Waals surface area contributed by atoms with Crippen LogP contribution >= 0.6 is 0 Å². The van der Waals surface area contributed by atoms with Gasteiger partial charge in [-0.2, -0.15) is 0 Å². The Balaban J connectivity index is 1.97. The first-order valence-corrected chi connectivity index (χ1v) is 8.57. The van der Waals surface area contributed by atoms with Gasteiger partial charge >= 0.3 is 6.09 Å². The maximum atomic E-state index is 12.5. The molecule has 1 aromatic rings. The van der Waals surface area contributed by atoms with Gasteiger partial charge in [0.2, 0.25) is 0 Å². The zero-order chi connectivity index (χ0) is 16.5. The van der Waals surface area contributed by atoms with E-state index in [2.05, 4.69) is 5.32 Å². The molecule has 1 amide bonds. The molecule has 1 aromatic carbocycles. The summed E-state index contributed by atoms with van der Waals surface area (Å²) in [5.74, 6) is 0. The van der Waals surface area contributed by atoms with Crippen LogP contribution in [0, 0.1) is 0 Å². The number of nitrogens with one attached hydrogen (secondary N) is 1. The van der Waals surface area contributed by atoms with E-state index in [0.29, 0.717) is 13.0 Å². The summed E-state index contributed by atoms with van der Waals surface area (Å²) in [7, 11) is 0. The predicted molar refractivity (Wildman–Crippen MR) is 90.1 cm³/mol. The van der Waals surface area contributed by atoms with Gasteiger partial charge in [-0.1, -0.05) is 37.3 Å². The smallest absolute Gasteiger partial charge is 0.410 e. The molecule has 0 aliphatic carbocycles. The molecule has 0 bridgehead atoms. The second kappa shape index (κ2) is 9.53. The first-order valence-electron chi connectivity index (χ1n) is 8.57. The number of piperidine rings is 1. The lowest BCUT2D eigenvalue weighted by Crippen LogP contribution is -2.54. The third-order valence-electron chi connectivity index (χ3n) is 4.36. The second-order valence-corrected chi connectivity index (χ2v) is 5.97. The number of aliphatic hydroxyl groups excluding tert-OH is 1. The molecule has 0 aromatic heterocycles. The molecule has 1 aliphatic heterocycles. The van der Waals surface area contributed by atoms with E-state index in [1.807, 2.05) is 42.2 Å². The third-order valence-corrected chi connectivity index (χ3v) is 4.36. The summed E-state index contributed by atoms with van der Waals surface area (Å²) in [6.07, 6.45) is 3.48. The fourth-order valence-electron chi connectivity index (χ4n) is 3.24. The SMILES string of the molecule is CCN[C@@H](CCO)[C@H]1CCCCN1C(=O)OCc1ccccc1. The van der Waals surface area contributed by atoms with Crippen LogP contribution in [-0.4, -0.2) is 47.9 Å². The van der Waals surface area contributed by atoms with Gasteiger partial charge in [-0.05, 0) is 37.8 Å². The van der Waals surface area contributed by atoms with Gasteiger partial charge in [0, 0.05) is 19.2 Å². The zero-order valence-corrected chi connectivity index (χ0v) is 13.9. The van der Waals surface area contributed by atoms with Gasteiger partial charge in [-0.25, -0.2) is 4.79 Å². The summed E-state index contributed by atoms with van der Waals surface area (Å²) in [5, 5.41) is 12.7. The number of ether oxygens (including phenoxy) is 1. The number of aliphatic hydroxyl groups is 1. The Kier molecular flexibility index (Phi) is 7.36. The second-order valence-electron chi connectivity index (χ2n) is 5.97. The van der Waals surface area contributed by atoms with Crippen LogP contribution in [0.25, 0.3) is 0 Å². The maximum Gasteiger partial charge on any atom is 0.410 e. The number of rotatable bonds is 7. The largest absolute Gasteiger partial charge is 0.445 e. The van der Waals surface area contributed by atoms with Crippen molar-refractivity contribution in [1.29, 1.82) is 0 Å². The van der Waals surface area contributed by atoms with Gasteiger partial charge in [0.25, 0.3) is 0 Å². The molecule has 2 rings (SSSR count). The van der Waals surface area contributed by atoms with Crippen molar-refractivity contribution in [3.63, 3.8) is 0 Å². The van der Waals surface area contributed by atoms with Crippen molar-refractivity contribution in [2.45, 2.75) is 51.3 Å². The summed E-state index contributed by atoms with van der Waals surface area (Å²) < 4.78 is 5.50. The van der Waals surface area contributed by atoms with Crippen LogP contribution in [0.2, 0.25) is 0 Å².